The lowest BCUT2D eigenvalue weighted by Crippen LogP contribution is -2.14. The zero-order valence-electron chi connectivity index (χ0n) is 18.7. The quantitative estimate of drug-likeness (QED) is 0.267. The first-order chi connectivity index (χ1) is 16.0. The molecule has 0 saturated carbocycles. The van der Waals surface area contributed by atoms with Crippen LogP contribution in [0, 0.1) is 0 Å². The third-order valence-corrected chi connectivity index (χ3v) is 7.11. The molecule has 0 radical (unpaired) electrons. The van der Waals surface area contributed by atoms with Crippen molar-refractivity contribution in [2.75, 3.05) is 4.72 Å². The van der Waals surface area contributed by atoms with Crippen LogP contribution < -0.4 is 9.46 Å². The average Bonchev–Trinajstić information content (AvgIpc) is 3.09. The Morgan fingerprint density at radius 3 is 2.32 bits per heavy atom. The number of sulfonamides is 1. The molecular formula is C25H23ClN2O5S. The standard InChI is InChI=1S/C25H23ClN2O5S/c1-25(2,3)15-8-11-17(12-9-15)34(31,32)28-16-10-13-21-19(14-16)22(23(27-21)33-24(29)30)18-6-4-5-7-20(18)26/h4-14,27-28H,1-3H3,(H,29,30). The largest absolute Gasteiger partial charge is 0.512 e. The second kappa shape index (κ2) is 8.70. The van der Waals surface area contributed by atoms with Crippen LogP contribution in [0.15, 0.2) is 71.6 Å². The number of anilines is 1. The van der Waals surface area contributed by atoms with E-state index >= 15 is 0 Å². The van der Waals surface area contributed by atoms with Crippen LogP contribution in [0.5, 0.6) is 5.88 Å². The molecule has 1 heterocycles. The van der Waals surface area contributed by atoms with E-state index in [-0.39, 0.29) is 16.2 Å². The van der Waals surface area contributed by atoms with Crippen molar-refractivity contribution >= 4 is 44.4 Å². The number of aromatic nitrogens is 1. The molecule has 176 valence electrons. The van der Waals surface area contributed by atoms with E-state index in [0.717, 1.165) is 5.56 Å². The Balaban J connectivity index is 1.77. The van der Waals surface area contributed by atoms with Gasteiger partial charge in [0.1, 0.15) is 0 Å². The summed E-state index contributed by atoms with van der Waals surface area (Å²) < 4.78 is 33.6. The summed E-state index contributed by atoms with van der Waals surface area (Å²) in [5.41, 5.74) is 2.75. The first-order valence-electron chi connectivity index (χ1n) is 10.4. The minimum Gasteiger partial charge on any atom is -0.449 e. The van der Waals surface area contributed by atoms with E-state index in [1.54, 1.807) is 66.7 Å². The Bertz CT molecular complexity index is 1490. The maximum atomic E-state index is 13.0. The van der Waals surface area contributed by atoms with Crippen LogP contribution in [0.3, 0.4) is 0 Å². The van der Waals surface area contributed by atoms with E-state index in [1.807, 2.05) is 0 Å². The lowest BCUT2D eigenvalue weighted by atomic mass is 9.87. The Morgan fingerprint density at radius 1 is 1.03 bits per heavy atom. The van der Waals surface area contributed by atoms with Crippen molar-refractivity contribution < 1.29 is 23.1 Å². The highest BCUT2D eigenvalue weighted by Crippen LogP contribution is 2.41. The third kappa shape index (κ3) is 4.73. The molecule has 4 rings (SSSR count). The normalized spacial score (nSPS) is 12.0. The number of fused-ring (bicyclic) bond motifs is 1. The average molecular weight is 499 g/mol. The summed E-state index contributed by atoms with van der Waals surface area (Å²) in [4.78, 5) is 14.3. The summed E-state index contributed by atoms with van der Waals surface area (Å²) >= 11 is 6.37. The summed E-state index contributed by atoms with van der Waals surface area (Å²) in [6, 6.07) is 18.5. The molecule has 0 spiro atoms. The van der Waals surface area contributed by atoms with Crippen molar-refractivity contribution in [1.29, 1.82) is 0 Å². The SMILES string of the molecule is CC(C)(C)c1ccc(S(=O)(=O)Nc2ccc3[nH]c(OC(=O)O)c(-c4ccccc4Cl)c3c2)cc1. The molecule has 9 heteroatoms. The molecule has 0 saturated heterocycles. The smallest absolute Gasteiger partial charge is 0.449 e. The van der Waals surface area contributed by atoms with Gasteiger partial charge in [0.25, 0.3) is 10.0 Å². The number of benzene rings is 3. The number of hydrogen-bond acceptors (Lipinski definition) is 4. The second-order valence-electron chi connectivity index (χ2n) is 8.82. The molecule has 3 N–H and O–H groups in total. The first-order valence-corrected chi connectivity index (χ1v) is 12.3. The van der Waals surface area contributed by atoms with Crippen LogP contribution in [0.1, 0.15) is 26.3 Å². The lowest BCUT2D eigenvalue weighted by molar-refractivity contribution is 0.143. The van der Waals surface area contributed by atoms with Gasteiger partial charge in [0.05, 0.1) is 10.5 Å². The topological polar surface area (TPSA) is 108 Å². The zero-order valence-corrected chi connectivity index (χ0v) is 20.3. The van der Waals surface area contributed by atoms with Gasteiger partial charge in [-0.05, 0) is 47.4 Å². The number of nitrogens with one attached hydrogen (secondary N) is 2. The van der Waals surface area contributed by atoms with Gasteiger partial charge in [-0.15, -0.1) is 0 Å². The van der Waals surface area contributed by atoms with Gasteiger partial charge in [-0.25, -0.2) is 13.2 Å². The molecule has 1 aromatic heterocycles. The predicted octanol–water partition coefficient (Wildman–Crippen LogP) is 6.64. The van der Waals surface area contributed by atoms with E-state index in [4.69, 9.17) is 21.4 Å². The molecule has 0 unspecified atom stereocenters. The van der Waals surface area contributed by atoms with Crippen molar-refractivity contribution in [2.45, 2.75) is 31.1 Å². The van der Waals surface area contributed by atoms with Crippen molar-refractivity contribution in [2.24, 2.45) is 0 Å². The van der Waals surface area contributed by atoms with Crippen LogP contribution in [0.2, 0.25) is 5.02 Å². The summed E-state index contributed by atoms with van der Waals surface area (Å²) in [7, 11) is -3.85. The fraction of sp³-hybridized carbons (Fsp3) is 0.160. The molecule has 3 aromatic carbocycles. The minimum atomic E-state index is -3.85. The van der Waals surface area contributed by atoms with Gasteiger partial charge in [0, 0.05) is 27.2 Å². The highest BCUT2D eigenvalue weighted by Gasteiger charge is 2.21. The molecule has 34 heavy (non-hydrogen) atoms. The van der Waals surface area contributed by atoms with E-state index in [1.165, 1.54) is 0 Å². The molecular weight excluding hydrogens is 476 g/mol. The summed E-state index contributed by atoms with van der Waals surface area (Å²) in [5, 5.41) is 10.1. The highest BCUT2D eigenvalue weighted by molar-refractivity contribution is 7.92. The zero-order chi connectivity index (χ0) is 24.7. The summed E-state index contributed by atoms with van der Waals surface area (Å²) in [6.45, 7) is 6.17. The maximum absolute atomic E-state index is 13.0. The van der Waals surface area contributed by atoms with E-state index in [0.29, 0.717) is 32.7 Å². The number of carbonyl (C=O) groups is 1. The first kappa shape index (κ1) is 23.7. The molecule has 0 bridgehead atoms. The van der Waals surface area contributed by atoms with Crippen LogP contribution in [-0.2, 0) is 15.4 Å². The van der Waals surface area contributed by atoms with Gasteiger partial charge in [-0.2, -0.15) is 0 Å². The van der Waals surface area contributed by atoms with Gasteiger partial charge >= 0.3 is 6.16 Å². The van der Waals surface area contributed by atoms with Gasteiger partial charge < -0.3 is 14.8 Å². The number of hydrogen-bond donors (Lipinski definition) is 3. The number of halogens is 1. The second-order valence-corrected chi connectivity index (χ2v) is 10.9. The fourth-order valence-corrected chi connectivity index (χ4v) is 4.95. The van der Waals surface area contributed by atoms with Crippen molar-refractivity contribution in [1.82, 2.24) is 4.98 Å². The van der Waals surface area contributed by atoms with Gasteiger partial charge in [-0.3, -0.25) is 4.72 Å². The van der Waals surface area contributed by atoms with Crippen molar-refractivity contribution in [3.63, 3.8) is 0 Å². The number of rotatable bonds is 5. The molecule has 0 aliphatic heterocycles. The third-order valence-electron chi connectivity index (χ3n) is 5.38. The molecule has 0 amide bonds. The Kier molecular flexibility index (Phi) is 6.05. The van der Waals surface area contributed by atoms with Crippen LogP contribution in [-0.4, -0.2) is 24.7 Å². The van der Waals surface area contributed by atoms with Crippen LogP contribution in [0.25, 0.3) is 22.0 Å². The molecule has 0 aliphatic rings. The van der Waals surface area contributed by atoms with E-state index < -0.39 is 16.2 Å². The highest BCUT2D eigenvalue weighted by atomic mass is 35.5. The Morgan fingerprint density at radius 2 is 1.71 bits per heavy atom. The number of carboxylic acid groups (broad SMARTS) is 1. The lowest BCUT2D eigenvalue weighted by Gasteiger charge is -2.19. The van der Waals surface area contributed by atoms with Gasteiger partial charge in [0.2, 0.25) is 5.88 Å². The maximum Gasteiger partial charge on any atom is 0.512 e. The minimum absolute atomic E-state index is 0.00613. The molecule has 0 fully saturated rings. The Labute approximate surface area is 202 Å². The van der Waals surface area contributed by atoms with Crippen LogP contribution >= 0.6 is 11.6 Å². The Hall–Kier alpha value is -3.49. The fourth-order valence-electron chi connectivity index (χ4n) is 3.67. The van der Waals surface area contributed by atoms with Crippen LogP contribution in [0.4, 0.5) is 10.5 Å². The summed E-state index contributed by atoms with van der Waals surface area (Å²) in [5.74, 6) is -0.00613. The molecule has 7 nitrogen and oxygen atoms in total. The van der Waals surface area contributed by atoms with Crippen molar-refractivity contribution in [3.05, 3.63) is 77.3 Å². The van der Waals surface area contributed by atoms with Crippen molar-refractivity contribution in [3.8, 4) is 17.0 Å². The van der Waals surface area contributed by atoms with E-state index in [2.05, 4.69) is 30.5 Å². The predicted molar refractivity (Wildman–Crippen MR) is 133 cm³/mol. The summed E-state index contributed by atoms with van der Waals surface area (Å²) in [6.07, 6.45) is -1.49. The monoisotopic (exact) mass is 498 g/mol. The van der Waals surface area contributed by atoms with E-state index in [9.17, 15) is 13.2 Å². The number of aromatic amines is 1. The molecule has 0 aliphatic carbocycles. The molecule has 0 atom stereocenters. The number of H-pyrrole nitrogens is 1. The molecule has 4 aromatic rings. The van der Waals surface area contributed by atoms with Gasteiger partial charge in [0.15, 0.2) is 0 Å². The number of ether oxygens (including phenoxy) is 1. The van der Waals surface area contributed by atoms with Gasteiger partial charge in [-0.1, -0.05) is 62.7 Å².